The van der Waals surface area contributed by atoms with Gasteiger partial charge in [0.2, 0.25) is 10.0 Å². The number of benzene rings is 1. The molecule has 1 rings (SSSR count). The number of hydrogen-bond acceptors (Lipinski definition) is 4. The Hall–Kier alpha value is -1.02. The molecule has 1 aromatic carbocycles. The summed E-state index contributed by atoms with van der Waals surface area (Å²) in [5, 5.41) is 0. The second-order valence-corrected chi connectivity index (χ2v) is 7.42. The highest BCUT2D eigenvalue weighted by Gasteiger charge is 2.20. The van der Waals surface area contributed by atoms with E-state index < -0.39 is 10.0 Å². The minimum Gasteiger partial charge on any atom is -0.389 e. The van der Waals surface area contributed by atoms with E-state index in [1.54, 1.807) is 31.3 Å². The zero-order valence-corrected chi connectivity index (χ0v) is 13.7. The van der Waals surface area contributed by atoms with Crippen LogP contribution in [-0.2, 0) is 15.8 Å². The van der Waals surface area contributed by atoms with Crippen LogP contribution in [0.1, 0.15) is 11.1 Å². The number of hydrogen-bond donors (Lipinski definition) is 1. The topological polar surface area (TPSA) is 66.6 Å². The standard InChI is InChI=1S/C13H21N3O2S2/c1-15(2)8-9-16(3)20(17,18)10-11-6-4-5-7-12(11)13(14)19/h4-7H,8-10H2,1-3H3,(H2,14,19). The lowest BCUT2D eigenvalue weighted by atomic mass is 10.1. The maximum Gasteiger partial charge on any atom is 0.218 e. The van der Waals surface area contributed by atoms with Crippen LogP contribution in [0.3, 0.4) is 0 Å². The van der Waals surface area contributed by atoms with Crippen molar-refractivity contribution in [3.63, 3.8) is 0 Å². The highest BCUT2D eigenvalue weighted by atomic mass is 32.2. The second-order valence-electron chi connectivity index (χ2n) is 4.90. The highest BCUT2D eigenvalue weighted by Crippen LogP contribution is 2.14. The lowest BCUT2D eigenvalue weighted by Gasteiger charge is -2.20. The molecule has 5 nitrogen and oxygen atoms in total. The largest absolute Gasteiger partial charge is 0.389 e. The number of rotatable bonds is 7. The fourth-order valence-electron chi connectivity index (χ4n) is 1.67. The minimum atomic E-state index is -3.37. The van der Waals surface area contributed by atoms with Gasteiger partial charge in [-0.05, 0) is 19.7 Å². The predicted molar refractivity (Wildman–Crippen MR) is 86.1 cm³/mol. The number of nitrogens with two attached hydrogens (primary N) is 1. The van der Waals surface area contributed by atoms with Crippen molar-refractivity contribution >= 4 is 27.2 Å². The van der Waals surface area contributed by atoms with Crippen molar-refractivity contribution in [3.05, 3.63) is 35.4 Å². The Morgan fingerprint density at radius 3 is 2.35 bits per heavy atom. The first kappa shape index (κ1) is 17.0. The van der Waals surface area contributed by atoms with E-state index in [4.69, 9.17) is 18.0 Å². The van der Waals surface area contributed by atoms with Crippen molar-refractivity contribution in [1.29, 1.82) is 0 Å². The van der Waals surface area contributed by atoms with Crippen LogP contribution >= 0.6 is 12.2 Å². The fourth-order valence-corrected chi connectivity index (χ4v) is 3.10. The first-order valence-electron chi connectivity index (χ1n) is 6.20. The van der Waals surface area contributed by atoms with Crippen LogP contribution in [0.5, 0.6) is 0 Å². The SMILES string of the molecule is CN(C)CCN(C)S(=O)(=O)Cc1ccccc1C(N)=S. The second kappa shape index (κ2) is 7.12. The number of sulfonamides is 1. The molecule has 2 N–H and O–H groups in total. The van der Waals surface area contributed by atoms with Gasteiger partial charge in [0.05, 0.1) is 5.75 Å². The molecule has 0 bridgehead atoms. The fraction of sp³-hybridized carbons (Fsp3) is 0.462. The maximum atomic E-state index is 12.3. The monoisotopic (exact) mass is 315 g/mol. The molecule has 0 unspecified atom stereocenters. The average molecular weight is 315 g/mol. The smallest absolute Gasteiger partial charge is 0.218 e. The normalized spacial score (nSPS) is 12.1. The molecule has 0 saturated heterocycles. The van der Waals surface area contributed by atoms with Gasteiger partial charge in [-0.1, -0.05) is 36.5 Å². The molecular formula is C13H21N3O2S2. The summed E-state index contributed by atoms with van der Waals surface area (Å²) in [7, 11) is 2.02. The summed E-state index contributed by atoms with van der Waals surface area (Å²) in [5.74, 6) is -0.0928. The molecule has 0 aliphatic heterocycles. The summed E-state index contributed by atoms with van der Waals surface area (Å²) in [4.78, 5) is 2.15. The van der Waals surface area contributed by atoms with Crippen LogP contribution in [0.4, 0.5) is 0 Å². The van der Waals surface area contributed by atoms with E-state index >= 15 is 0 Å². The Morgan fingerprint density at radius 1 is 1.20 bits per heavy atom. The van der Waals surface area contributed by atoms with E-state index in [2.05, 4.69) is 0 Å². The van der Waals surface area contributed by atoms with Crippen molar-refractivity contribution < 1.29 is 8.42 Å². The van der Waals surface area contributed by atoms with Crippen molar-refractivity contribution in [2.24, 2.45) is 5.73 Å². The van der Waals surface area contributed by atoms with E-state index in [1.807, 2.05) is 19.0 Å². The molecule has 20 heavy (non-hydrogen) atoms. The Bertz CT molecular complexity index is 571. The quantitative estimate of drug-likeness (QED) is 0.748. The van der Waals surface area contributed by atoms with Gasteiger partial charge < -0.3 is 10.6 Å². The third-order valence-corrected chi connectivity index (χ3v) is 4.99. The first-order chi connectivity index (χ1) is 9.24. The zero-order valence-electron chi connectivity index (χ0n) is 12.0. The molecule has 1 aromatic rings. The van der Waals surface area contributed by atoms with Gasteiger partial charge in [0, 0.05) is 25.7 Å². The van der Waals surface area contributed by atoms with E-state index in [0.29, 0.717) is 24.2 Å². The number of nitrogens with zero attached hydrogens (tertiary/aromatic N) is 2. The Balaban J connectivity index is 2.89. The van der Waals surface area contributed by atoms with Crippen LogP contribution in [0.15, 0.2) is 24.3 Å². The van der Waals surface area contributed by atoms with Crippen molar-refractivity contribution in [2.75, 3.05) is 34.2 Å². The minimum absolute atomic E-state index is 0.0928. The predicted octanol–water partition coefficient (Wildman–Crippen LogP) is 0.644. The van der Waals surface area contributed by atoms with Crippen molar-refractivity contribution in [1.82, 2.24) is 9.21 Å². The molecule has 0 heterocycles. The van der Waals surface area contributed by atoms with Gasteiger partial charge >= 0.3 is 0 Å². The molecule has 0 saturated carbocycles. The number of likely N-dealkylation sites (N-methyl/N-ethyl adjacent to an activating group) is 2. The lowest BCUT2D eigenvalue weighted by Crippen LogP contribution is -2.34. The van der Waals surface area contributed by atoms with Crippen LogP contribution in [0.25, 0.3) is 0 Å². The van der Waals surface area contributed by atoms with E-state index in [1.165, 1.54) is 4.31 Å². The van der Waals surface area contributed by atoms with Crippen molar-refractivity contribution in [2.45, 2.75) is 5.75 Å². The molecule has 0 aromatic heterocycles. The molecule has 7 heteroatoms. The van der Waals surface area contributed by atoms with Crippen LogP contribution in [-0.4, -0.2) is 56.8 Å². The summed E-state index contributed by atoms with van der Waals surface area (Å²) in [5.41, 5.74) is 6.88. The van der Waals surface area contributed by atoms with E-state index in [9.17, 15) is 8.42 Å². The zero-order chi connectivity index (χ0) is 15.3. The van der Waals surface area contributed by atoms with E-state index in [0.717, 1.165) is 0 Å². The van der Waals surface area contributed by atoms with E-state index in [-0.39, 0.29) is 10.7 Å². The van der Waals surface area contributed by atoms with Gasteiger partial charge in [-0.3, -0.25) is 0 Å². The van der Waals surface area contributed by atoms with Gasteiger partial charge in [0.25, 0.3) is 0 Å². The molecule has 0 aliphatic rings. The molecule has 0 fully saturated rings. The maximum absolute atomic E-state index is 12.3. The summed E-state index contributed by atoms with van der Waals surface area (Å²) in [6, 6.07) is 7.06. The summed E-state index contributed by atoms with van der Waals surface area (Å²) >= 11 is 4.95. The van der Waals surface area contributed by atoms with Gasteiger partial charge in [-0.25, -0.2) is 12.7 Å². The molecule has 112 valence electrons. The molecule has 0 aliphatic carbocycles. The van der Waals surface area contributed by atoms with Gasteiger partial charge in [-0.2, -0.15) is 0 Å². The summed E-state index contributed by atoms with van der Waals surface area (Å²) in [6.45, 7) is 1.12. The first-order valence-corrected chi connectivity index (χ1v) is 8.22. The molecule has 0 atom stereocenters. The van der Waals surface area contributed by atoms with Crippen LogP contribution < -0.4 is 5.73 Å². The third-order valence-electron chi connectivity index (χ3n) is 2.96. The average Bonchev–Trinajstić information content (AvgIpc) is 2.35. The Kier molecular flexibility index (Phi) is 6.07. The molecular weight excluding hydrogens is 294 g/mol. The Labute approximate surface area is 126 Å². The summed E-state index contributed by atoms with van der Waals surface area (Å²) < 4.78 is 26.0. The summed E-state index contributed by atoms with van der Waals surface area (Å²) in [6.07, 6.45) is 0. The van der Waals surface area contributed by atoms with Gasteiger partial charge in [-0.15, -0.1) is 0 Å². The third kappa shape index (κ3) is 4.82. The van der Waals surface area contributed by atoms with Crippen molar-refractivity contribution in [3.8, 4) is 0 Å². The Morgan fingerprint density at radius 2 is 1.80 bits per heavy atom. The van der Waals surface area contributed by atoms with Crippen LogP contribution in [0.2, 0.25) is 0 Å². The van der Waals surface area contributed by atoms with Gasteiger partial charge in [0.1, 0.15) is 4.99 Å². The molecule has 0 spiro atoms. The molecule has 0 radical (unpaired) electrons. The molecule has 0 amide bonds. The van der Waals surface area contributed by atoms with Crippen LogP contribution in [0, 0.1) is 0 Å². The lowest BCUT2D eigenvalue weighted by molar-refractivity contribution is 0.358. The number of thiocarbonyl (C=S) groups is 1. The highest BCUT2D eigenvalue weighted by molar-refractivity contribution is 7.88. The van der Waals surface area contributed by atoms with Gasteiger partial charge in [0.15, 0.2) is 0 Å².